The monoisotopic (exact) mass is 368 g/mol. The summed E-state index contributed by atoms with van der Waals surface area (Å²) in [7, 11) is 0. The first-order valence-corrected chi connectivity index (χ1v) is 10.2. The largest absolute Gasteiger partial charge is 0.507 e. The molecule has 0 bridgehead atoms. The van der Waals surface area contributed by atoms with E-state index < -0.39 is 0 Å². The number of aromatic hydroxyl groups is 1. The van der Waals surface area contributed by atoms with Crippen LogP contribution in [-0.2, 0) is 16.6 Å². The first-order chi connectivity index (χ1) is 12.3. The number of carbonyl (C=O) groups excluding carboxylic acids is 1. The van der Waals surface area contributed by atoms with Gasteiger partial charge in [0.2, 0.25) is 0 Å². The Labute approximate surface area is 165 Å². The van der Waals surface area contributed by atoms with Gasteiger partial charge in [0, 0.05) is 22.6 Å². The number of carbonyl (C=O) groups is 1. The second-order valence-corrected chi connectivity index (χ2v) is 9.88. The fourth-order valence-electron chi connectivity index (χ4n) is 4.04. The minimum Gasteiger partial charge on any atom is -0.507 e. The highest BCUT2D eigenvalue weighted by Crippen LogP contribution is 2.47. The molecule has 1 aliphatic carbocycles. The molecular formula is C25H36O2. The Hall–Kier alpha value is -1.83. The second kappa shape index (κ2) is 7.30. The Kier molecular flexibility index (Phi) is 5.80. The van der Waals surface area contributed by atoms with E-state index in [4.69, 9.17) is 0 Å². The van der Waals surface area contributed by atoms with Gasteiger partial charge in [-0.2, -0.15) is 0 Å². The van der Waals surface area contributed by atoms with E-state index in [-0.39, 0.29) is 22.5 Å². The maximum atomic E-state index is 13.2. The third kappa shape index (κ3) is 4.05. The summed E-state index contributed by atoms with van der Waals surface area (Å²) < 4.78 is 0. The number of ketones is 1. The molecule has 0 spiro atoms. The summed E-state index contributed by atoms with van der Waals surface area (Å²) in [6, 6.07) is 4.21. The molecule has 1 aliphatic rings. The van der Waals surface area contributed by atoms with Crippen LogP contribution >= 0.6 is 0 Å². The van der Waals surface area contributed by atoms with Gasteiger partial charge in [0.15, 0.2) is 5.78 Å². The summed E-state index contributed by atoms with van der Waals surface area (Å²) in [5.41, 5.74) is 5.21. The topological polar surface area (TPSA) is 37.3 Å². The van der Waals surface area contributed by atoms with Crippen LogP contribution < -0.4 is 0 Å². The normalized spacial score (nSPS) is 18.8. The van der Waals surface area contributed by atoms with E-state index in [1.165, 1.54) is 5.56 Å². The number of hydrogen-bond donors (Lipinski definition) is 1. The number of Topliss-reactive ketones (excluding diaryl/α,β-unsaturated/α-hetero) is 1. The molecule has 0 heterocycles. The van der Waals surface area contributed by atoms with Crippen molar-refractivity contribution in [2.24, 2.45) is 11.3 Å². The zero-order valence-electron chi connectivity index (χ0n) is 18.6. The molecule has 0 saturated heterocycles. The summed E-state index contributed by atoms with van der Waals surface area (Å²) in [6.07, 6.45) is 3.88. The second-order valence-electron chi connectivity index (χ2n) is 9.88. The molecule has 2 heteroatoms. The molecule has 1 aromatic rings. The predicted octanol–water partition coefficient (Wildman–Crippen LogP) is 6.61. The zero-order valence-corrected chi connectivity index (χ0v) is 18.6. The van der Waals surface area contributed by atoms with Crippen LogP contribution in [0.5, 0.6) is 5.75 Å². The first kappa shape index (κ1) is 21.5. The number of phenolic OH excluding ortho intramolecular Hbond substituents is 1. The van der Waals surface area contributed by atoms with Gasteiger partial charge < -0.3 is 5.11 Å². The summed E-state index contributed by atoms with van der Waals surface area (Å²) in [5, 5.41) is 11.3. The van der Waals surface area contributed by atoms with Crippen LogP contribution in [0.1, 0.15) is 85.4 Å². The van der Waals surface area contributed by atoms with Crippen LogP contribution in [0.4, 0.5) is 0 Å². The van der Waals surface area contributed by atoms with Crippen molar-refractivity contribution in [2.45, 2.75) is 80.6 Å². The summed E-state index contributed by atoms with van der Waals surface area (Å²) in [5.74, 6) is 0.583. The Balaban J connectivity index is 2.94. The van der Waals surface area contributed by atoms with Gasteiger partial charge in [-0.05, 0) is 53.4 Å². The lowest BCUT2D eigenvalue weighted by Gasteiger charge is -2.34. The van der Waals surface area contributed by atoms with E-state index in [2.05, 4.69) is 73.6 Å². The predicted molar refractivity (Wildman–Crippen MR) is 115 cm³/mol. The average molecular weight is 369 g/mol. The highest BCUT2D eigenvalue weighted by Gasteiger charge is 2.36. The van der Waals surface area contributed by atoms with Gasteiger partial charge in [0.05, 0.1) is 0 Å². The molecule has 1 N–H and O–H groups in total. The highest BCUT2D eigenvalue weighted by molar-refractivity contribution is 6.15. The molecule has 2 nitrogen and oxygen atoms in total. The Morgan fingerprint density at radius 1 is 1.00 bits per heavy atom. The molecule has 2 rings (SSSR count). The van der Waals surface area contributed by atoms with E-state index in [1.807, 2.05) is 6.92 Å². The molecule has 0 fully saturated rings. The molecular weight excluding hydrogens is 332 g/mol. The molecule has 1 aromatic carbocycles. The summed E-state index contributed by atoms with van der Waals surface area (Å²) in [6.45, 7) is 18.8. The third-order valence-electron chi connectivity index (χ3n) is 5.54. The van der Waals surface area contributed by atoms with Gasteiger partial charge in [-0.15, -0.1) is 0 Å². The minimum atomic E-state index is -0.286. The third-order valence-corrected chi connectivity index (χ3v) is 5.54. The smallest absolute Gasteiger partial charge is 0.185 e. The van der Waals surface area contributed by atoms with E-state index in [0.717, 1.165) is 40.7 Å². The lowest BCUT2D eigenvalue weighted by Crippen LogP contribution is -2.26. The number of aryl methyl sites for hydroxylation is 1. The van der Waals surface area contributed by atoms with Crippen molar-refractivity contribution in [1.82, 2.24) is 0 Å². The van der Waals surface area contributed by atoms with Gasteiger partial charge in [-0.1, -0.05) is 67.5 Å². The van der Waals surface area contributed by atoms with Crippen molar-refractivity contribution in [3.05, 3.63) is 46.0 Å². The molecule has 0 saturated carbocycles. The van der Waals surface area contributed by atoms with Crippen molar-refractivity contribution >= 4 is 11.4 Å². The maximum absolute atomic E-state index is 13.2. The molecule has 0 radical (unpaired) electrons. The average Bonchev–Trinajstić information content (AvgIpc) is 2.54. The van der Waals surface area contributed by atoms with Crippen LogP contribution in [0, 0.1) is 11.3 Å². The standard InChI is InChI=1S/C25H36O2/c1-10-16-13-18(23(27)19(14-16)24(4,5)6)20-17(11-2)12-15(3)22(26)21(20)25(7,8)9/h12-14,17,27H,10-11H2,1-9H3. The van der Waals surface area contributed by atoms with Gasteiger partial charge in [0.25, 0.3) is 0 Å². The molecule has 27 heavy (non-hydrogen) atoms. The van der Waals surface area contributed by atoms with Crippen LogP contribution in [0.25, 0.3) is 5.57 Å². The zero-order chi connectivity index (χ0) is 20.7. The SMILES string of the molecule is CCc1cc(C2=C(C(C)(C)C)C(=O)C(C)=CC2CC)c(O)c(C(C)(C)C)c1. The van der Waals surface area contributed by atoms with Gasteiger partial charge >= 0.3 is 0 Å². The number of hydrogen-bond acceptors (Lipinski definition) is 2. The van der Waals surface area contributed by atoms with Gasteiger partial charge in [-0.25, -0.2) is 0 Å². The van der Waals surface area contributed by atoms with Crippen molar-refractivity contribution in [3.63, 3.8) is 0 Å². The lowest BCUT2D eigenvalue weighted by atomic mass is 9.69. The van der Waals surface area contributed by atoms with Crippen LogP contribution in [0.2, 0.25) is 0 Å². The van der Waals surface area contributed by atoms with E-state index >= 15 is 0 Å². The van der Waals surface area contributed by atoms with Crippen LogP contribution in [0.15, 0.2) is 29.4 Å². The van der Waals surface area contributed by atoms with Crippen molar-refractivity contribution in [1.29, 1.82) is 0 Å². The van der Waals surface area contributed by atoms with Crippen molar-refractivity contribution in [2.75, 3.05) is 0 Å². The van der Waals surface area contributed by atoms with Crippen LogP contribution in [-0.4, -0.2) is 10.9 Å². The van der Waals surface area contributed by atoms with Crippen LogP contribution in [0.3, 0.4) is 0 Å². The van der Waals surface area contributed by atoms with Crippen molar-refractivity contribution < 1.29 is 9.90 Å². The number of rotatable bonds is 3. The van der Waals surface area contributed by atoms with E-state index in [9.17, 15) is 9.90 Å². The van der Waals surface area contributed by atoms with Gasteiger partial charge in [0.1, 0.15) is 5.75 Å². The quantitative estimate of drug-likeness (QED) is 0.652. The number of allylic oxidation sites excluding steroid dienone is 4. The van der Waals surface area contributed by atoms with Crippen molar-refractivity contribution in [3.8, 4) is 5.75 Å². The van der Waals surface area contributed by atoms with Gasteiger partial charge in [-0.3, -0.25) is 4.79 Å². The minimum absolute atomic E-state index is 0.112. The molecule has 0 aromatic heterocycles. The Morgan fingerprint density at radius 2 is 1.59 bits per heavy atom. The molecule has 0 aliphatic heterocycles. The molecule has 148 valence electrons. The van der Waals surface area contributed by atoms with E-state index in [0.29, 0.717) is 5.75 Å². The highest BCUT2D eigenvalue weighted by atomic mass is 16.3. The summed E-state index contributed by atoms with van der Waals surface area (Å²) >= 11 is 0. The number of benzene rings is 1. The lowest BCUT2D eigenvalue weighted by molar-refractivity contribution is -0.113. The molecule has 1 unspecified atom stereocenters. The first-order valence-electron chi connectivity index (χ1n) is 10.2. The molecule has 1 atom stereocenters. The fourth-order valence-corrected chi connectivity index (χ4v) is 4.04. The summed E-state index contributed by atoms with van der Waals surface area (Å²) in [4.78, 5) is 13.2. The number of phenols is 1. The Morgan fingerprint density at radius 3 is 2.04 bits per heavy atom. The van der Waals surface area contributed by atoms with E-state index in [1.54, 1.807) is 0 Å². The molecule has 0 amide bonds. The Bertz CT molecular complexity index is 808. The maximum Gasteiger partial charge on any atom is 0.185 e. The fraction of sp³-hybridized carbons (Fsp3) is 0.560.